The molecule has 0 atom stereocenters. The number of rotatable bonds is 5. The molecule has 0 amide bonds. The Morgan fingerprint density at radius 1 is 1.44 bits per heavy atom. The van der Waals surface area contributed by atoms with Crippen molar-refractivity contribution in [1.82, 2.24) is 4.98 Å². The third-order valence-corrected chi connectivity index (χ3v) is 4.17. The number of piperidine rings is 1. The summed E-state index contributed by atoms with van der Waals surface area (Å²) < 4.78 is 5.05. The highest BCUT2D eigenvalue weighted by Crippen LogP contribution is 2.29. The van der Waals surface area contributed by atoms with Gasteiger partial charge in [0, 0.05) is 27.2 Å². The van der Waals surface area contributed by atoms with Crippen LogP contribution in [0.3, 0.4) is 0 Å². The normalized spacial score (nSPS) is 14.7. The fraction of sp³-hybridized carbons (Fsp3) is 0.529. The molecule has 0 unspecified atom stereocenters. The Kier molecular flexibility index (Phi) is 5.80. The molecular formula is C17H22N4O4. The number of aromatic nitrogens is 1. The highest BCUT2D eigenvalue weighted by molar-refractivity contribution is 5.96. The number of anilines is 2. The van der Waals surface area contributed by atoms with Crippen molar-refractivity contribution in [3.8, 4) is 6.07 Å². The average Bonchev–Trinajstić information content (AvgIpc) is 2.60. The summed E-state index contributed by atoms with van der Waals surface area (Å²) in [5.74, 6) is -0.782. The van der Waals surface area contributed by atoms with Crippen LogP contribution in [0.4, 0.5) is 11.6 Å². The van der Waals surface area contributed by atoms with Gasteiger partial charge in [-0.1, -0.05) is 0 Å². The summed E-state index contributed by atoms with van der Waals surface area (Å²) in [7, 11) is 3.52. The van der Waals surface area contributed by atoms with Crippen LogP contribution in [0.15, 0.2) is 6.07 Å². The van der Waals surface area contributed by atoms with E-state index in [1.165, 1.54) is 6.07 Å². The van der Waals surface area contributed by atoms with Crippen LogP contribution < -0.4 is 9.80 Å². The fourth-order valence-electron chi connectivity index (χ4n) is 2.86. The van der Waals surface area contributed by atoms with E-state index in [-0.39, 0.29) is 23.7 Å². The molecular weight excluding hydrogens is 324 g/mol. The molecule has 8 nitrogen and oxygen atoms in total. The first-order valence-electron chi connectivity index (χ1n) is 8.16. The number of pyridine rings is 1. The van der Waals surface area contributed by atoms with Crippen LogP contribution in [0.5, 0.6) is 0 Å². The molecule has 0 spiro atoms. The highest BCUT2D eigenvalue weighted by atomic mass is 16.5. The van der Waals surface area contributed by atoms with Gasteiger partial charge >= 0.3 is 11.9 Å². The quantitative estimate of drug-likeness (QED) is 0.799. The second-order valence-electron chi connectivity index (χ2n) is 6.06. The molecule has 2 heterocycles. The molecule has 1 saturated heterocycles. The number of esters is 1. The van der Waals surface area contributed by atoms with Crippen molar-refractivity contribution < 1.29 is 19.4 Å². The van der Waals surface area contributed by atoms with Gasteiger partial charge in [-0.05, 0) is 25.8 Å². The van der Waals surface area contributed by atoms with Gasteiger partial charge in [-0.15, -0.1) is 0 Å². The molecule has 8 heteroatoms. The maximum Gasteiger partial charge on any atom is 0.341 e. The van der Waals surface area contributed by atoms with Crippen LogP contribution in [0.1, 0.15) is 35.7 Å². The van der Waals surface area contributed by atoms with Gasteiger partial charge in [-0.25, -0.2) is 9.78 Å². The Bertz CT molecular complexity index is 703. The molecule has 0 saturated carbocycles. The monoisotopic (exact) mass is 346 g/mol. The van der Waals surface area contributed by atoms with Crippen molar-refractivity contribution in [3.05, 3.63) is 17.2 Å². The van der Waals surface area contributed by atoms with Crippen molar-refractivity contribution in [2.45, 2.75) is 19.8 Å². The van der Waals surface area contributed by atoms with E-state index in [1.807, 2.05) is 4.90 Å². The molecule has 1 aromatic rings. The van der Waals surface area contributed by atoms with E-state index in [0.29, 0.717) is 37.6 Å². The Balaban J connectivity index is 2.39. The molecule has 0 radical (unpaired) electrons. The van der Waals surface area contributed by atoms with E-state index in [4.69, 9.17) is 9.84 Å². The topological polar surface area (TPSA) is 107 Å². The molecule has 2 rings (SSSR count). The Morgan fingerprint density at radius 3 is 2.56 bits per heavy atom. The lowest BCUT2D eigenvalue weighted by atomic mass is 9.97. The van der Waals surface area contributed by atoms with E-state index in [1.54, 1.807) is 25.9 Å². The number of carbonyl (C=O) groups excluding carboxylic acids is 1. The third kappa shape index (κ3) is 3.99. The Hall–Kier alpha value is -2.82. The lowest BCUT2D eigenvalue weighted by Gasteiger charge is -2.32. The number of carboxylic acids is 1. The first kappa shape index (κ1) is 18.5. The summed E-state index contributed by atoms with van der Waals surface area (Å²) >= 11 is 0. The number of hydrogen-bond donors (Lipinski definition) is 1. The molecule has 0 bridgehead atoms. The zero-order valence-corrected chi connectivity index (χ0v) is 14.7. The molecule has 0 aliphatic carbocycles. The summed E-state index contributed by atoms with van der Waals surface area (Å²) in [6, 6.07) is 3.58. The minimum atomic E-state index is -0.792. The third-order valence-electron chi connectivity index (χ3n) is 4.17. The van der Waals surface area contributed by atoms with Gasteiger partial charge in [-0.3, -0.25) is 4.79 Å². The number of carbonyl (C=O) groups is 2. The fourth-order valence-corrected chi connectivity index (χ4v) is 2.86. The van der Waals surface area contributed by atoms with Gasteiger partial charge in [0.25, 0.3) is 0 Å². The van der Waals surface area contributed by atoms with Crippen molar-refractivity contribution in [2.24, 2.45) is 5.92 Å². The molecule has 1 fully saturated rings. The smallest absolute Gasteiger partial charge is 0.341 e. The van der Waals surface area contributed by atoms with Crippen LogP contribution >= 0.6 is 0 Å². The first-order chi connectivity index (χ1) is 11.9. The van der Waals surface area contributed by atoms with E-state index < -0.39 is 11.9 Å². The van der Waals surface area contributed by atoms with Crippen LogP contribution in [0.25, 0.3) is 0 Å². The van der Waals surface area contributed by atoms with Gasteiger partial charge in [-0.2, -0.15) is 5.26 Å². The number of nitrogens with zero attached hydrogens (tertiary/aromatic N) is 4. The van der Waals surface area contributed by atoms with Crippen molar-refractivity contribution in [3.63, 3.8) is 0 Å². The van der Waals surface area contributed by atoms with Crippen LogP contribution in [0.2, 0.25) is 0 Å². The van der Waals surface area contributed by atoms with E-state index >= 15 is 0 Å². The number of ether oxygens (including phenoxy) is 1. The second-order valence-corrected chi connectivity index (χ2v) is 6.06. The standard InChI is InChI=1S/C17H22N4O4/c1-4-25-17(24)13-9-12(10-18)14(19-15(13)20(2)3)21-7-5-11(6-8-21)16(22)23/h9,11H,4-8H2,1-3H3,(H,22,23). The second kappa shape index (κ2) is 7.83. The Labute approximate surface area is 146 Å². The largest absolute Gasteiger partial charge is 0.481 e. The molecule has 1 N–H and O–H groups in total. The molecule has 0 aromatic carbocycles. The summed E-state index contributed by atoms with van der Waals surface area (Å²) in [5, 5.41) is 18.6. The van der Waals surface area contributed by atoms with Crippen LogP contribution in [0, 0.1) is 17.2 Å². The maximum atomic E-state index is 12.2. The number of carboxylic acid groups (broad SMARTS) is 1. The molecule has 25 heavy (non-hydrogen) atoms. The SMILES string of the molecule is CCOC(=O)c1cc(C#N)c(N2CCC(C(=O)O)CC2)nc1N(C)C. The Morgan fingerprint density at radius 2 is 2.08 bits per heavy atom. The van der Waals surface area contributed by atoms with Gasteiger partial charge in [0.2, 0.25) is 0 Å². The van der Waals surface area contributed by atoms with Gasteiger partial charge in [0.1, 0.15) is 23.3 Å². The maximum absolute atomic E-state index is 12.2. The van der Waals surface area contributed by atoms with Crippen LogP contribution in [-0.2, 0) is 9.53 Å². The number of aliphatic carboxylic acids is 1. The zero-order chi connectivity index (χ0) is 18.6. The molecule has 134 valence electrons. The zero-order valence-electron chi connectivity index (χ0n) is 14.7. The number of nitriles is 1. The van der Waals surface area contributed by atoms with Crippen molar-refractivity contribution >= 4 is 23.6 Å². The van der Waals surface area contributed by atoms with Gasteiger partial charge in [0.05, 0.1) is 18.1 Å². The van der Waals surface area contributed by atoms with E-state index in [2.05, 4.69) is 11.1 Å². The lowest BCUT2D eigenvalue weighted by molar-refractivity contribution is -0.142. The minimum Gasteiger partial charge on any atom is -0.481 e. The summed E-state index contributed by atoms with van der Waals surface area (Å²) in [6.45, 7) is 2.96. The number of hydrogen-bond acceptors (Lipinski definition) is 7. The summed E-state index contributed by atoms with van der Waals surface area (Å²) in [6.07, 6.45) is 0.998. The summed E-state index contributed by atoms with van der Waals surface area (Å²) in [5.41, 5.74) is 0.523. The molecule has 1 aliphatic rings. The van der Waals surface area contributed by atoms with E-state index in [9.17, 15) is 14.9 Å². The average molecular weight is 346 g/mol. The predicted octanol–water partition coefficient (Wildman–Crippen LogP) is 1.50. The van der Waals surface area contributed by atoms with Crippen molar-refractivity contribution in [2.75, 3.05) is 43.6 Å². The predicted molar refractivity (Wildman–Crippen MR) is 91.8 cm³/mol. The minimum absolute atomic E-state index is 0.234. The van der Waals surface area contributed by atoms with Gasteiger partial charge < -0.3 is 19.6 Å². The summed E-state index contributed by atoms with van der Waals surface area (Å²) in [4.78, 5) is 31.4. The van der Waals surface area contributed by atoms with E-state index in [0.717, 1.165) is 0 Å². The van der Waals surface area contributed by atoms with Crippen molar-refractivity contribution in [1.29, 1.82) is 5.26 Å². The highest BCUT2D eigenvalue weighted by Gasteiger charge is 2.28. The van der Waals surface area contributed by atoms with Crippen LogP contribution in [-0.4, -0.2) is 55.8 Å². The molecule has 1 aliphatic heterocycles. The molecule has 1 aromatic heterocycles. The lowest BCUT2D eigenvalue weighted by Crippen LogP contribution is -2.37. The van der Waals surface area contributed by atoms with Gasteiger partial charge in [0.15, 0.2) is 0 Å². The first-order valence-corrected chi connectivity index (χ1v) is 8.16.